The van der Waals surface area contributed by atoms with Crippen LogP contribution in [0.4, 0.5) is 0 Å². The van der Waals surface area contributed by atoms with Crippen LogP contribution in [-0.2, 0) is 4.79 Å². The second-order valence-electron chi connectivity index (χ2n) is 4.60. The molecular formula is C14H20N2O2. The van der Waals surface area contributed by atoms with E-state index in [1.54, 1.807) is 0 Å². The fourth-order valence-electron chi connectivity index (χ4n) is 2.17. The molecule has 2 N–H and O–H groups in total. The number of piperazine rings is 1. The topological polar surface area (TPSA) is 52.6 Å². The number of aliphatic hydroxyl groups is 1. The van der Waals surface area contributed by atoms with Gasteiger partial charge in [-0.15, -0.1) is 0 Å². The Morgan fingerprint density at radius 2 is 1.94 bits per heavy atom. The van der Waals surface area contributed by atoms with Gasteiger partial charge in [-0.2, -0.15) is 0 Å². The minimum atomic E-state index is -0.543. The van der Waals surface area contributed by atoms with Crippen LogP contribution in [0.5, 0.6) is 0 Å². The van der Waals surface area contributed by atoms with Gasteiger partial charge in [0.15, 0.2) is 0 Å². The van der Waals surface area contributed by atoms with Gasteiger partial charge in [0.2, 0.25) is 5.91 Å². The van der Waals surface area contributed by atoms with Crippen LogP contribution in [0.15, 0.2) is 30.3 Å². The van der Waals surface area contributed by atoms with Crippen LogP contribution in [0.25, 0.3) is 0 Å². The van der Waals surface area contributed by atoms with Gasteiger partial charge in [0, 0.05) is 32.6 Å². The number of nitrogens with one attached hydrogen (secondary N) is 1. The number of carbonyl (C=O) groups is 1. The van der Waals surface area contributed by atoms with Gasteiger partial charge in [-0.05, 0) is 12.0 Å². The van der Waals surface area contributed by atoms with E-state index in [-0.39, 0.29) is 5.91 Å². The van der Waals surface area contributed by atoms with Crippen LogP contribution in [0.2, 0.25) is 0 Å². The Morgan fingerprint density at radius 1 is 1.28 bits per heavy atom. The van der Waals surface area contributed by atoms with Crippen LogP contribution in [0.1, 0.15) is 24.5 Å². The molecule has 1 aliphatic rings. The number of benzene rings is 1. The lowest BCUT2D eigenvalue weighted by atomic mass is 10.0. The molecule has 1 unspecified atom stereocenters. The number of carbonyl (C=O) groups excluding carboxylic acids is 1. The second-order valence-corrected chi connectivity index (χ2v) is 4.60. The van der Waals surface area contributed by atoms with E-state index in [1.807, 2.05) is 35.2 Å². The summed E-state index contributed by atoms with van der Waals surface area (Å²) in [6.45, 7) is 3.29. The SMILES string of the molecule is O=C(CCC(O)c1ccccc1)N1CCNCC1. The standard InChI is InChI=1S/C14H20N2O2/c17-13(12-4-2-1-3-5-12)6-7-14(18)16-10-8-15-9-11-16/h1-5,13,15,17H,6-11H2. The summed E-state index contributed by atoms with van der Waals surface area (Å²) in [5.74, 6) is 0.145. The van der Waals surface area contributed by atoms with Crippen LogP contribution >= 0.6 is 0 Å². The molecule has 1 aromatic rings. The first kappa shape index (κ1) is 13.1. The zero-order valence-corrected chi connectivity index (χ0v) is 10.5. The van der Waals surface area contributed by atoms with Gasteiger partial charge in [0.05, 0.1) is 6.10 Å². The number of amides is 1. The summed E-state index contributed by atoms with van der Waals surface area (Å²) in [6.07, 6.45) is 0.362. The van der Waals surface area contributed by atoms with Gasteiger partial charge in [0.25, 0.3) is 0 Å². The maximum absolute atomic E-state index is 11.9. The normalized spacial score (nSPS) is 17.5. The van der Waals surface area contributed by atoms with Crippen molar-refractivity contribution in [3.8, 4) is 0 Å². The Labute approximate surface area is 108 Å². The molecule has 0 radical (unpaired) electrons. The summed E-state index contributed by atoms with van der Waals surface area (Å²) in [5, 5.41) is 13.2. The van der Waals surface area contributed by atoms with Crippen molar-refractivity contribution in [2.45, 2.75) is 18.9 Å². The predicted molar refractivity (Wildman–Crippen MR) is 70.1 cm³/mol. The van der Waals surface area contributed by atoms with E-state index in [2.05, 4.69) is 5.32 Å². The van der Waals surface area contributed by atoms with Crippen molar-refractivity contribution >= 4 is 5.91 Å². The van der Waals surface area contributed by atoms with Crippen LogP contribution < -0.4 is 5.32 Å². The molecule has 4 nitrogen and oxygen atoms in total. The molecule has 0 saturated carbocycles. The van der Waals surface area contributed by atoms with Crippen molar-refractivity contribution < 1.29 is 9.90 Å². The number of hydrogen-bond donors (Lipinski definition) is 2. The van der Waals surface area contributed by atoms with Crippen molar-refractivity contribution in [3.05, 3.63) is 35.9 Å². The smallest absolute Gasteiger partial charge is 0.222 e. The fraction of sp³-hybridized carbons (Fsp3) is 0.500. The summed E-state index contributed by atoms with van der Waals surface area (Å²) in [5.41, 5.74) is 0.880. The molecule has 1 heterocycles. The van der Waals surface area contributed by atoms with E-state index < -0.39 is 6.10 Å². The van der Waals surface area contributed by atoms with E-state index >= 15 is 0 Å². The van der Waals surface area contributed by atoms with E-state index in [0.717, 1.165) is 31.7 Å². The van der Waals surface area contributed by atoms with E-state index in [9.17, 15) is 9.90 Å². The second kappa shape index (κ2) is 6.52. The van der Waals surface area contributed by atoms with Gasteiger partial charge in [-0.25, -0.2) is 0 Å². The maximum Gasteiger partial charge on any atom is 0.222 e. The highest BCUT2D eigenvalue weighted by Gasteiger charge is 2.17. The van der Waals surface area contributed by atoms with Gasteiger partial charge < -0.3 is 15.3 Å². The minimum Gasteiger partial charge on any atom is -0.388 e. The third-order valence-corrected chi connectivity index (χ3v) is 3.29. The summed E-state index contributed by atoms with van der Waals surface area (Å²) in [6, 6.07) is 9.50. The molecule has 98 valence electrons. The van der Waals surface area contributed by atoms with Gasteiger partial charge in [-0.1, -0.05) is 30.3 Å². The predicted octanol–water partition coefficient (Wildman–Crippen LogP) is 0.932. The zero-order chi connectivity index (χ0) is 12.8. The Hall–Kier alpha value is -1.39. The van der Waals surface area contributed by atoms with Crippen molar-refractivity contribution in [1.82, 2.24) is 10.2 Å². The molecule has 1 aromatic carbocycles. The lowest BCUT2D eigenvalue weighted by Crippen LogP contribution is -2.46. The van der Waals surface area contributed by atoms with Crippen molar-refractivity contribution in [2.75, 3.05) is 26.2 Å². The highest BCUT2D eigenvalue weighted by Crippen LogP contribution is 2.18. The van der Waals surface area contributed by atoms with Gasteiger partial charge in [0.1, 0.15) is 0 Å². The van der Waals surface area contributed by atoms with E-state index in [1.165, 1.54) is 0 Å². The van der Waals surface area contributed by atoms with Crippen LogP contribution in [-0.4, -0.2) is 42.1 Å². The number of nitrogens with zero attached hydrogens (tertiary/aromatic N) is 1. The maximum atomic E-state index is 11.9. The molecule has 1 fully saturated rings. The fourth-order valence-corrected chi connectivity index (χ4v) is 2.17. The first-order valence-corrected chi connectivity index (χ1v) is 6.49. The van der Waals surface area contributed by atoms with Crippen molar-refractivity contribution in [3.63, 3.8) is 0 Å². The van der Waals surface area contributed by atoms with Crippen molar-refractivity contribution in [1.29, 1.82) is 0 Å². The van der Waals surface area contributed by atoms with Crippen LogP contribution in [0, 0.1) is 0 Å². The highest BCUT2D eigenvalue weighted by molar-refractivity contribution is 5.76. The first-order valence-electron chi connectivity index (χ1n) is 6.49. The zero-order valence-electron chi connectivity index (χ0n) is 10.5. The molecular weight excluding hydrogens is 228 g/mol. The highest BCUT2D eigenvalue weighted by atomic mass is 16.3. The molecule has 1 atom stereocenters. The summed E-state index contributed by atoms with van der Waals surface area (Å²) in [7, 11) is 0. The van der Waals surface area contributed by atoms with Gasteiger partial charge >= 0.3 is 0 Å². The minimum absolute atomic E-state index is 0.145. The average molecular weight is 248 g/mol. The molecule has 0 spiro atoms. The monoisotopic (exact) mass is 248 g/mol. The molecule has 0 bridgehead atoms. The quantitative estimate of drug-likeness (QED) is 0.833. The van der Waals surface area contributed by atoms with Crippen LogP contribution in [0.3, 0.4) is 0 Å². The summed E-state index contributed by atoms with van der Waals surface area (Å²) in [4.78, 5) is 13.8. The molecule has 0 aliphatic carbocycles. The third-order valence-electron chi connectivity index (χ3n) is 3.29. The molecule has 0 aromatic heterocycles. The Kier molecular flexibility index (Phi) is 4.73. The molecule has 2 rings (SSSR count). The molecule has 4 heteroatoms. The largest absolute Gasteiger partial charge is 0.388 e. The number of aliphatic hydroxyl groups excluding tert-OH is 1. The summed E-state index contributed by atoms with van der Waals surface area (Å²) >= 11 is 0. The molecule has 1 amide bonds. The molecule has 1 aliphatic heterocycles. The van der Waals surface area contributed by atoms with E-state index in [4.69, 9.17) is 0 Å². The average Bonchev–Trinajstić information content (AvgIpc) is 2.46. The lowest BCUT2D eigenvalue weighted by Gasteiger charge is -2.27. The number of hydrogen-bond acceptors (Lipinski definition) is 3. The van der Waals surface area contributed by atoms with Gasteiger partial charge in [-0.3, -0.25) is 4.79 Å². The van der Waals surface area contributed by atoms with Crippen molar-refractivity contribution in [2.24, 2.45) is 0 Å². The third kappa shape index (κ3) is 3.55. The molecule has 1 saturated heterocycles. The summed E-state index contributed by atoms with van der Waals surface area (Å²) < 4.78 is 0. The number of rotatable bonds is 4. The van der Waals surface area contributed by atoms with E-state index in [0.29, 0.717) is 12.8 Å². The molecule has 18 heavy (non-hydrogen) atoms. The Bertz CT molecular complexity index is 375. The first-order chi connectivity index (χ1) is 8.77. The lowest BCUT2D eigenvalue weighted by molar-refractivity contribution is -0.132. The Morgan fingerprint density at radius 3 is 2.61 bits per heavy atom. The Balaban J connectivity index is 1.78.